The van der Waals surface area contributed by atoms with E-state index in [2.05, 4.69) is 30.8 Å². The van der Waals surface area contributed by atoms with Gasteiger partial charge in [0.05, 0.1) is 7.11 Å². The minimum atomic E-state index is 0.0330. The van der Waals surface area contributed by atoms with E-state index < -0.39 is 0 Å². The average molecular weight is 381 g/mol. The molecule has 1 saturated heterocycles. The van der Waals surface area contributed by atoms with Gasteiger partial charge in [-0.2, -0.15) is 0 Å². The summed E-state index contributed by atoms with van der Waals surface area (Å²) >= 11 is 0. The molecule has 28 heavy (non-hydrogen) atoms. The molecule has 0 unspecified atom stereocenters. The van der Waals surface area contributed by atoms with Crippen LogP contribution in [0.25, 0.3) is 5.65 Å². The summed E-state index contributed by atoms with van der Waals surface area (Å²) in [5.74, 6) is 1.84. The molecule has 3 heterocycles. The van der Waals surface area contributed by atoms with E-state index >= 15 is 0 Å². The molecule has 1 amide bonds. The highest BCUT2D eigenvalue weighted by Crippen LogP contribution is 2.22. The van der Waals surface area contributed by atoms with E-state index in [-0.39, 0.29) is 11.8 Å². The second-order valence-electron chi connectivity index (χ2n) is 6.83. The van der Waals surface area contributed by atoms with E-state index in [0.29, 0.717) is 12.2 Å². The lowest BCUT2D eigenvalue weighted by atomic mass is 9.96. The van der Waals surface area contributed by atoms with Crippen LogP contribution in [0, 0.1) is 5.92 Å². The number of hydrogen-bond donors (Lipinski definition) is 1. The number of carbonyl (C=O) groups excluding carboxylic acids is 1. The average Bonchev–Trinajstić information content (AvgIpc) is 3.22. The lowest BCUT2D eigenvalue weighted by Crippen LogP contribution is -2.41. The first-order valence-electron chi connectivity index (χ1n) is 9.44. The Balaban J connectivity index is 1.26. The van der Waals surface area contributed by atoms with Gasteiger partial charge in [-0.3, -0.25) is 4.79 Å². The Kier molecular flexibility index (Phi) is 5.31. The molecular formula is C19H23N7O2. The maximum absolute atomic E-state index is 12.5. The zero-order valence-corrected chi connectivity index (χ0v) is 15.8. The highest BCUT2D eigenvalue weighted by Gasteiger charge is 2.25. The SMILES string of the molecule is COc1ccccc1CCNC(=O)C1CCN(c2ccc3nnnn3n2)CC1. The summed E-state index contributed by atoms with van der Waals surface area (Å²) in [4.78, 5) is 14.7. The Morgan fingerprint density at radius 3 is 2.86 bits per heavy atom. The number of amides is 1. The number of fused-ring (bicyclic) bond motifs is 1. The number of carbonyl (C=O) groups is 1. The molecule has 146 valence electrons. The number of ether oxygens (including phenoxy) is 1. The summed E-state index contributed by atoms with van der Waals surface area (Å²) in [6.07, 6.45) is 2.36. The number of piperidine rings is 1. The van der Waals surface area contributed by atoms with Crippen molar-refractivity contribution in [3.05, 3.63) is 42.0 Å². The van der Waals surface area contributed by atoms with Crippen LogP contribution in [-0.4, -0.2) is 57.9 Å². The molecule has 4 rings (SSSR count). The van der Waals surface area contributed by atoms with Crippen LogP contribution in [-0.2, 0) is 11.2 Å². The molecule has 1 fully saturated rings. The number of nitrogens with one attached hydrogen (secondary N) is 1. The van der Waals surface area contributed by atoms with Crippen molar-refractivity contribution in [2.24, 2.45) is 5.92 Å². The van der Waals surface area contributed by atoms with Gasteiger partial charge >= 0.3 is 0 Å². The van der Waals surface area contributed by atoms with Crippen molar-refractivity contribution in [3.8, 4) is 5.75 Å². The van der Waals surface area contributed by atoms with Crippen LogP contribution in [0.4, 0.5) is 5.82 Å². The first-order chi connectivity index (χ1) is 13.7. The van der Waals surface area contributed by atoms with Crippen LogP contribution < -0.4 is 15.0 Å². The molecule has 1 aromatic carbocycles. The van der Waals surface area contributed by atoms with E-state index in [0.717, 1.165) is 49.5 Å². The van der Waals surface area contributed by atoms with Crippen LogP contribution in [0.5, 0.6) is 5.75 Å². The minimum absolute atomic E-state index is 0.0330. The van der Waals surface area contributed by atoms with Gasteiger partial charge in [0.25, 0.3) is 0 Å². The van der Waals surface area contributed by atoms with Gasteiger partial charge in [0.1, 0.15) is 5.75 Å². The van der Waals surface area contributed by atoms with Gasteiger partial charge in [0, 0.05) is 25.6 Å². The summed E-state index contributed by atoms with van der Waals surface area (Å²) in [5, 5.41) is 18.8. The topological polar surface area (TPSA) is 97.5 Å². The van der Waals surface area contributed by atoms with Crippen molar-refractivity contribution in [1.82, 2.24) is 30.6 Å². The number of benzene rings is 1. The summed E-state index contributed by atoms with van der Waals surface area (Å²) in [6, 6.07) is 11.7. The fourth-order valence-corrected chi connectivity index (χ4v) is 3.55. The zero-order valence-electron chi connectivity index (χ0n) is 15.8. The molecule has 0 bridgehead atoms. The van der Waals surface area contributed by atoms with Crippen LogP contribution in [0.15, 0.2) is 36.4 Å². The fraction of sp³-hybridized carbons (Fsp3) is 0.421. The first kappa shape index (κ1) is 18.1. The molecule has 9 nitrogen and oxygen atoms in total. The van der Waals surface area contributed by atoms with Crippen LogP contribution >= 0.6 is 0 Å². The summed E-state index contributed by atoms with van der Waals surface area (Å²) in [6.45, 7) is 2.17. The summed E-state index contributed by atoms with van der Waals surface area (Å²) in [7, 11) is 1.66. The highest BCUT2D eigenvalue weighted by atomic mass is 16.5. The minimum Gasteiger partial charge on any atom is -0.496 e. The lowest BCUT2D eigenvalue weighted by molar-refractivity contribution is -0.125. The lowest BCUT2D eigenvalue weighted by Gasteiger charge is -2.31. The Bertz CT molecular complexity index is 950. The largest absolute Gasteiger partial charge is 0.496 e. The number of aromatic nitrogens is 5. The van der Waals surface area contributed by atoms with Crippen molar-refractivity contribution >= 4 is 17.4 Å². The Morgan fingerprint density at radius 1 is 1.21 bits per heavy atom. The Morgan fingerprint density at radius 2 is 2.04 bits per heavy atom. The molecule has 0 atom stereocenters. The number of methoxy groups -OCH3 is 1. The predicted molar refractivity (Wildman–Crippen MR) is 103 cm³/mol. The van der Waals surface area contributed by atoms with Gasteiger partial charge < -0.3 is 15.0 Å². The number of nitrogens with zero attached hydrogens (tertiary/aromatic N) is 6. The standard InChI is InChI=1S/C19H23N7O2/c1-28-16-5-3-2-4-14(16)8-11-20-19(27)15-9-12-25(13-10-15)18-7-6-17-21-23-24-26(17)22-18/h2-7,15H,8-13H2,1H3,(H,20,27). The van der Waals surface area contributed by atoms with Gasteiger partial charge in [-0.1, -0.05) is 18.2 Å². The van der Waals surface area contributed by atoms with E-state index in [1.807, 2.05) is 36.4 Å². The first-order valence-corrected chi connectivity index (χ1v) is 9.44. The van der Waals surface area contributed by atoms with E-state index in [4.69, 9.17) is 4.74 Å². The second-order valence-corrected chi connectivity index (χ2v) is 6.83. The number of anilines is 1. The molecule has 1 aliphatic rings. The molecule has 0 saturated carbocycles. The molecule has 3 aromatic rings. The fourth-order valence-electron chi connectivity index (χ4n) is 3.55. The smallest absolute Gasteiger partial charge is 0.223 e. The summed E-state index contributed by atoms with van der Waals surface area (Å²) < 4.78 is 6.78. The molecular weight excluding hydrogens is 358 g/mol. The molecule has 9 heteroatoms. The van der Waals surface area contributed by atoms with Crippen molar-refractivity contribution in [3.63, 3.8) is 0 Å². The van der Waals surface area contributed by atoms with Crippen molar-refractivity contribution in [2.45, 2.75) is 19.3 Å². The van der Waals surface area contributed by atoms with Gasteiger partial charge in [-0.25, -0.2) is 0 Å². The Hall–Kier alpha value is -3.23. The third kappa shape index (κ3) is 3.88. The highest BCUT2D eigenvalue weighted by molar-refractivity contribution is 5.79. The maximum atomic E-state index is 12.5. The number of para-hydroxylation sites is 1. The zero-order chi connectivity index (χ0) is 19.3. The van der Waals surface area contributed by atoms with Crippen molar-refractivity contribution in [1.29, 1.82) is 0 Å². The second kappa shape index (κ2) is 8.20. The molecule has 0 aliphatic carbocycles. The van der Waals surface area contributed by atoms with Gasteiger partial charge in [-0.05, 0) is 53.5 Å². The molecule has 0 radical (unpaired) electrons. The van der Waals surface area contributed by atoms with Gasteiger partial charge in [-0.15, -0.1) is 14.8 Å². The monoisotopic (exact) mass is 381 g/mol. The van der Waals surface area contributed by atoms with E-state index in [9.17, 15) is 4.79 Å². The number of hydrogen-bond acceptors (Lipinski definition) is 7. The van der Waals surface area contributed by atoms with Crippen molar-refractivity contribution in [2.75, 3.05) is 31.6 Å². The molecule has 0 spiro atoms. The van der Waals surface area contributed by atoms with E-state index in [1.165, 1.54) is 4.63 Å². The maximum Gasteiger partial charge on any atom is 0.223 e. The van der Waals surface area contributed by atoms with E-state index in [1.54, 1.807) is 7.11 Å². The third-order valence-corrected chi connectivity index (χ3v) is 5.13. The molecule has 1 aliphatic heterocycles. The quantitative estimate of drug-likeness (QED) is 0.683. The number of tetrazole rings is 1. The van der Waals surface area contributed by atoms with Crippen LogP contribution in [0.3, 0.4) is 0 Å². The normalized spacial score (nSPS) is 15.0. The number of rotatable bonds is 6. The third-order valence-electron chi connectivity index (χ3n) is 5.13. The predicted octanol–water partition coefficient (Wildman–Crippen LogP) is 1.10. The molecule has 1 N–H and O–H groups in total. The Labute approximate surface area is 162 Å². The van der Waals surface area contributed by atoms with Crippen molar-refractivity contribution < 1.29 is 9.53 Å². The van der Waals surface area contributed by atoms with Gasteiger partial charge in [0.15, 0.2) is 11.5 Å². The molecule has 2 aromatic heterocycles. The van der Waals surface area contributed by atoms with Crippen LogP contribution in [0.2, 0.25) is 0 Å². The van der Waals surface area contributed by atoms with Gasteiger partial charge in [0.2, 0.25) is 5.91 Å². The van der Waals surface area contributed by atoms with Crippen LogP contribution in [0.1, 0.15) is 18.4 Å². The summed E-state index contributed by atoms with van der Waals surface area (Å²) in [5.41, 5.74) is 1.72.